The molecule has 1 aliphatic carbocycles. The second kappa shape index (κ2) is 8.05. The van der Waals surface area contributed by atoms with Gasteiger partial charge in [0.2, 0.25) is 5.16 Å². The molecule has 26 heavy (non-hydrogen) atoms. The van der Waals surface area contributed by atoms with Crippen molar-refractivity contribution in [1.29, 1.82) is 0 Å². The van der Waals surface area contributed by atoms with Crippen molar-refractivity contribution >= 4 is 33.9 Å². The maximum absolute atomic E-state index is 5.18. The SMILES string of the molecule is COc1ccc(Nc2nc(CSc3nnnn3C3CCCC3)cs2)cc1. The summed E-state index contributed by atoms with van der Waals surface area (Å²) in [5.41, 5.74) is 2.02. The van der Waals surface area contributed by atoms with Gasteiger partial charge in [-0.25, -0.2) is 9.67 Å². The lowest BCUT2D eigenvalue weighted by Crippen LogP contribution is -2.08. The van der Waals surface area contributed by atoms with Crippen molar-refractivity contribution < 1.29 is 4.74 Å². The van der Waals surface area contributed by atoms with Crippen molar-refractivity contribution in [3.05, 3.63) is 35.3 Å². The number of rotatable bonds is 7. The Morgan fingerprint density at radius 2 is 2.08 bits per heavy atom. The Kier molecular flexibility index (Phi) is 5.35. The molecule has 1 saturated carbocycles. The predicted octanol–water partition coefficient (Wildman–Crippen LogP) is 4.29. The van der Waals surface area contributed by atoms with Crippen molar-refractivity contribution in [3.8, 4) is 5.75 Å². The van der Waals surface area contributed by atoms with E-state index in [2.05, 4.69) is 31.2 Å². The molecule has 0 atom stereocenters. The van der Waals surface area contributed by atoms with E-state index in [-0.39, 0.29) is 0 Å². The first-order valence-electron chi connectivity index (χ1n) is 8.58. The minimum absolute atomic E-state index is 0.454. The highest BCUT2D eigenvalue weighted by molar-refractivity contribution is 7.98. The Morgan fingerprint density at radius 1 is 1.27 bits per heavy atom. The highest BCUT2D eigenvalue weighted by atomic mass is 32.2. The zero-order valence-corrected chi connectivity index (χ0v) is 16.1. The van der Waals surface area contributed by atoms with Gasteiger partial charge in [0.15, 0.2) is 5.13 Å². The largest absolute Gasteiger partial charge is 0.497 e. The van der Waals surface area contributed by atoms with E-state index in [0.717, 1.165) is 33.2 Å². The van der Waals surface area contributed by atoms with E-state index in [0.29, 0.717) is 6.04 Å². The van der Waals surface area contributed by atoms with E-state index < -0.39 is 0 Å². The lowest BCUT2D eigenvalue weighted by molar-refractivity contribution is 0.415. The number of hydrogen-bond acceptors (Lipinski definition) is 8. The number of thiazole rings is 1. The Labute approximate surface area is 160 Å². The molecule has 3 aromatic rings. The normalized spacial score (nSPS) is 14.7. The average Bonchev–Trinajstić information content (AvgIpc) is 3.42. The topological polar surface area (TPSA) is 77.8 Å². The molecule has 0 unspecified atom stereocenters. The van der Waals surface area contributed by atoms with Crippen LogP contribution in [0.5, 0.6) is 5.75 Å². The first kappa shape index (κ1) is 17.3. The average molecular weight is 389 g/mol. The monoisotopic (exact) mass is 388 g/mol. The molecule has 2 aromatic heterocycles. The standard InChI is InChI=1S/C17H20N6OS2/c1-24-15-8-6-12(7-9-15)18-16-19-13(10-25-16)11-26-17-20-21-22-23(17)14-4-2-3-5-14/h6-10,14H,2-5,11H2,1H3,(H,18,19). The number of nitrogens with one attached hydrogen (secondary N) is 1. The summed E-state index contributed by atoms with van der Waals surface area (Å²) in [7, 11) is 1.66. The number of methoxy groups -OCH3 is 1. The summed E-state index contributed by atoms with van der Waals surface area (Å²) in [5.74, 6) is 1.60. The second-order valence-electron chi connectivity index (χ2n) is 6.13. The molecule has 1 aliphatic rings. The lowest BCUT2D eigenvalue weighted by atomic mass is 10.3. The molecular weight excluding hydrogens is 368 g/mol. The molecule has 4 rings (SSSR count). The van der Waals surface area contributed by atoms with Crippen molar-refractivity contribution in [2.45, 2.75) is 42.6 Å². The third-order valence-corrected chi connectivity index (χ3v) is 6.15. The predicted molar refractivity (Wildman–Crippen MR) is 103 cm³/mol. The van der Waals surface area contributed by atoms with E-state index in [1.807, 2.05) is 28.9 Å². The molecule has 0 radical (unpaired) electrons. The summed E-state index contributed by atoms with van der Waals surface area (Å²) in [6.45, 7) is 0. The highest BCUT2D eigenvalue weighted by Gasteiger charge is 2.21. The minimum Gasteiger partial charge on any atom is -0.497 e. The van der Waals surface area contributed by atoms with Crippen LogP contribution in [-0.4, -0.2) is 32.3 Å². The smallest absolute Gasteiger partial charge is 0.209 e. The zero-order valence-electron chi connectivity index (χ0n) is 14.5. The fourth-order valence-corrected chi connectivity index (χ4v) is 4.70. The third kappa shape index (κ3) is 3.99. The van der Waals surface area contributed by atoms with E-state index in [1.165, 1.54) is 25.7 Å². The molecular formula is C17H20N6OS2. The Balaban J connectivity index is 1.36. The van der Waals surface area contributed by atoms with Crippen LogP contribution in [0.3, 0.4) is 0 Å². The van der Waals surface area contributed by atoms with E-state index >= 15 is 0 Å². The Morgan fingerprint density at radius 3 is 2.85 bits per heavy atom. The van der Waals surface area contributed by atoms with Crippen LogP contribution in [0.2, 0.25) is 0 Å². The van der Waals surface area contributed by atoms with Gasteiger partial charge in [-0.15, -0.1) is 16.4 Å². The molecule has 2 heterocycles. The molecule has 1 fully saturated rings. The van der Waals surface area contributed by atoms with Gasteiger partial charge in [0, 0.05) is 16.8 Å². The molecule has 0 spiro atoms. The Hall–Kier alpha value is -2.13. The van der Waals surface area contributed by atoms with Crippen LogP contribution in [0, 0.1) is 0 Å². The molecule has 136 valence electrons. The van der Waals surface area contributed by atoms with Crippen LogP contribution >= 0.6 is 23.1 Å². The van der Waals surface area contributed by atoms with Gasteiger partial charge in [0.05, 0.1) is 18.8 Å². The highest BCUT2D eigenvalue weighted by Crippen LogP contribution is 2.32. The summed E-state index contributed by atoms with van der Waals surface area (Å²) in [6.07, 6.45) is 4.87. The first-order valence-corrected chi connectivity index (χ1v) is 10.4. The van der Waals surface area contributed by atoms with Crippen LogP contribution in [0.4, 0.5) is 10.8 Å². The van der Waals surface area contributed by atoms with Gasteiger partial charge in [0.25, 0.3) is 0 Å². The number of nitrogens with zero attached hydrogens (tertiary/aromatic N) is 5. The quantitative estimate of drug-likeness (QED) is 0.605. The lowest BCUT2D eigenvalue weighted by Gasteiger charge is -2.10. The summed E-state index contributed by atoms with van der Waals surface area (Å²) in [4.78, 5) is 4.65. The molecule has 0 bridgehead atoms. The number of ether oxygens (including phenoxy) is 1. The van der Waals surface area contributed by atoms with Gasteiger partial charge in [-0.2, -0.15) is 0 Å². The molecule has 0 amide bonds. The number of tetrazole rings is 1. The van der Waals surface area contributed by atoms with Crippen LogP contribution in [0.1, 0.15) is 37.4 Å². The summed E-state index contributed by atoms with van der Waals surface area (Å²) >= 11 is 3.24. The molecule has 0 aliphatic heterocycles. The Bertz CT molecular complexity index is 841. The number of thioether (sulfide) groups is 1. The number of aromatic nitrogens is 5. The second-order valence-corrected chi connectivity index (χ2v) is 7.93. The number of benzene rings is 1. The maximum atomic E-state index is 5.18. The molecule has 9 heteroatoms. The van der Waals surface area contributed by atoms with Gasteiger partial charge in [-0.3, -0.25) is 0 Å². The molecule has 0 saturated heterocycles. The van der Waals surface area contributed by atoms with Gasteiger partial charge < -0.3 is 10.1 Å². The van der Waals surface area contributed by atoms with Crippen molar-refractivity contribution in [1.82, 2.24) is 25.2 Å². The third-order valence-electron chi connectivity index (χ3n) is 4.38. The molecule has 7 nitrogen and oxygen atoms in total. The fourth-order valence-electron chi connectivity index (χ4n) is 3.03. The summed E-state index contributed by atoms with van der Waals surface area (Å²) in [5, 5.41) is 19.4. The van der Waals surface area contributed by atoms with Crippen molar-refractivity contribution in [2.24, 2.45) is 0 Å². The van der Waals surface area contributed by atoms with E-state index in [4.69, 9.17) is 4.74 Å². The van der Waals surface area contributed by atoms with Gasteiger partial charge in [0.1, 0.15) is 5.75 Å². The number of anilines is 2. The van der Waals surface area contributed by atoms with Crippen LogP contribution in [0.15, 0.2) is 34.8 Å². The van der Waals surface area contributed by atoms with Crippen molar-refractivity contribution in [3.63, 3.8) is 0 Å². The molecule has 1 N–H and O–H groups in total. The van der Waals surface area contributed by atoms with E-state index in [9.17, 15) is 0 Å². The maximum Gasteiger partial charge on any atom is 0.209 e. The van der Waals surface area contributed by atoms with Crippen molar-refractivity contribution in [2.75, 3.05) is 12.4 Å². The van der Waals surface area contributed by atoms with Gasteiger partial charge >= 0.3 is 0 Å². The fraction of sp³-hybridized carbons (Fsp3) is 0.412. The van der Waals surface area contributed by atoms with Gasteiger partial charge in [-0.1, -0.05) is 24.6 Å². The van der Waals surface area contributed by atoms with Crippen LogP contribution < -0.4 is 10.1 Å². The molecule has 1 aromatic carbocycles. The number of hydrogen-bond donors (Lipinski definition) is 1. The van der Waals surface area contributed by atoms with E-state index in [1.54, 1.807) is 30.2 Å². The summed E-state index contributed by atoms with van der Waals surface area (Å²) < 4.78 is 7.16. The zero-order chi connectivity index (χ0) is 17.8. The summed E-state index contributed by atoms with van der Waals surface area (Å²) in [6, 6.07) is 8.26. The minimum atomic E-state index is 0.454. The first-order chi connectivity index (χ1) is 12.8. The van der Waals surface area contributed by atoms with Crippen LogP contribution in [-0.2, 0) is 5.75 Å². The van der Waals surface area contributed by atoms with Gasteiger partial charge in [-0.05, 0) is 47.5 Å². The van der Waals surface area contributed by atoms with Crippen LogP contribution in [0.25, 0.3) is 0 Å².